The first kappa shape index (κ1) is 12.7. The first-order chi connectivity index (χ1) is 9.69. The van der Waals surface area contributed by atoms with Gasteiger partial charge in [0.05, 0.1) is 24.3 Å². The SMILES string of the molecule is CNC(Cc1nnn(C)n1)c1nn(C)c2ccccc12. The van der Waals surface area contributed by atoms with Crippen LogP contribution < -0.4 is 5.32 Å². The number of aryl methyl sites for hydroxylation is 2. The van der Waals surface area contributed by atoms with Crippen LogP contribution in [0.25, 0.3) is 10.9 Å². The number of para-hydroxylation sites is 1. The molecule has 0 aliphatic rings. The molecule has 0 bridgehead atoms. The number of fused-ring (bicyclic) bond motifs is 1. The lowest BCUT2D eigenvalue weighted by Gasteiger charge is -2.11. The van der Waals surface area contributed by atoms with E-state index in [2.05, 4.69) is 38.0 Å². The van der Waals surface area contributed by atoms with Crippen molar-refractivity contribution in [2.75, 3.05) is 7.05 Å². The highest BCUT2D eigenvalue weighted by Gasteiger charge is 2.19. The molecule has 0 aliphatic heterocycles. The summed E-state index contributed by atoms with van der Waals surface area (Å²) in [6.45, 7) is 0. The van der Waals surface area contributed by atoms with E-state index >= 15 is 0 Å². The molecule has 0 saturated carbocycles. The predicted molar refractivity (Wildman–Crippen MR) is 75.0 cm³/mol. The lowest BCUT2D eigenvalue weighted by Crippen LogP contribution is -2.20. The Kier molecular flexibility index (Phi) is 3.19. The van der Waals surface area contributed by atoms with Gasteiger partial charge in [-0.3, -0.25) is 4.68 Å². The fraction of sp³-hybridized carbons (Fsp3) is 0.385. The standard InChI is InChI=1S/C13H17N7/c1-14-10(8-12-15-18-20(3)16-12)13-9-6-4-5-7-11(9)19(2)17-13/h4-7,10,14H,8H2,1-3H3. The zero-order valence-electron chi connectivity index (χ0n) is 11.8. The third kappa shape index (κ3) is 2.16. The maximum atomic E-state index is 4.64. The largest absolute Gasteiger partial charge is 0.311 e. The molecule has 7 heteroatoms. The molecule has 0 aliphatic carbocycles. The van der Waals surface area contributed by atoms with E-state index in [9.17, 15) is 0 Å². The molecule has 3 aromatic rings. The number of tetrazole rings is 1. The molecule has 7 nitrogen and oxygen atoms in total. The number of hydrogen-bond acceptors (Lipinski definition) is 5. The summed E-state index contributed by atoms with van der Waals surface area (Å²) in [5.41, 5.74) is 2.13. The van der Waals surface area contributed by atoms with Crippen molar-refractivity contribution in [1.29, 1.82) is 0 Å². The Morgan fingerprint density at radius 1 is 1.20 bits per heavy atom. The molecule has 1 atom stereocenters. The molecule has 0 saturated heterocycles. The van der Waals surface area contributed by atoms with Crippen LogP contribution in [0.15, 0.2) is 24.3 Å². The molecule has 0 spiro atoms. The van der Waals surface area contributed by atoms with Crippen molar-refractivity contribution >= 4 is 10.9 Å². The number of hydrogen-bond donors (Lipinski definition) is 1. The summed E-state index contributed by atoms with van der Waals surface area (Å²) in [5.74, 6) is 0.710. The van der Waals surface area contributed by atoms with E-state index in [1.54, 1.807) is 7.05 Å². The molecule has 3 rings (SSSR count). The quantitative estimate of drug-likeness (QED) is 0.752. The first-order valence-corrected chi connectivity index (χ1v) is 6.51. The maximum Gasteiger partial charge on any atom is 0.176 e. The number of rotatable bonds is 4. The van der Waals surface area contributed by atoms with Crippen LogP contribution in [0.5, 0.6) is 0 Å². The van der Waals surface area contributed by atoms with Crippen LogP contribution in [0.4, 0.5) is 0 Å². The molecule has 2 aromatic heterocycles. The molecule has 2 heterocycles. The molecule has 1 N–H and O–H groups in total. The smallest absolute Gasteiger partial charge is 0.176 e. The van der Waals surface area contributed by atoms with Gasteiger partial charge in [-0.05, 0) is 18.3 Å². The highest BCUT2D eigenvalue weighted by Crippen LogP contribution is 2.24. The highest BCUT2D eigenvalue weighted by atomic mass is 15.6. The molecular weight excluding hydrogens is 254 g/mol. The molecule has 0 radical (unpaired) electrons. The minimum Gasteiger partial charge on any atom is -0.311 e. The van der Waals surface area contributed by atoms with Crippen LogP contribution in [-0.4, -0.2) is 37.0 Å². The fourth-order valence-electron chi connectivity index (χ4n) is 2.42. The van der Waals surface area contributed by atoms with Gasteiger partial charge in [-0.15, -0.1) is 10.2 Å². The zero-order valence-corrected chi connectivity index (χ0v) is 11.8. The van der Waals surface area contributed by atoms with Crippen molar-refractivity contribution in [2.45, 2.75) is 12.5 Å². The minimum atomic E-state index is 0.0605. The molecule has 0 amide bonds. The van der Waals surface area contributed by atoms with Gasteiger partial charge in [0.15, 0.2) is 5.82 Å². The van der Waals surface area contributed by atoms with Crippen LogP contribution in [-0.2, 0) is 20.5 Å². The fourth-order valence-corrected chi connectivity index (χ4v) is 2.42. The number of benzene rings is 1. The highest BCUT2D eigenvalue weighted by molar-refractivity contribution is 5.82. The number of likely N-dealkylation sites (N-methyl/N-ethyl adjacent to an activating group) is 1. The summed E-state index contributed by atoms with van der Waals surface area (Å²) in [6.07, 6.45) is 0.658. The van der Waals surface area contributed by atoms with Crippen LogP contribution in [0.3, 0.4) is 0 Å². The van der Waals surface area contributed by atoms with E-state index in [0.717, 1.165) is 16.6 Å². The molecular formula is C13H17N7. The summed E-state index contributed by atoms with van der Waals surface area (Å²) >= 11 is 0. The average Bonchev–Trinajstić information content (AvgIpc) is 3.01. The summed E-state index contributed by atoms with van der Waals surface area (Å²) < 4.78 is 1.90. The van der Waals surface area contributed by atoms with Crippen molar-refractivity contribution in [3.63, 3.8) is 0 Å². The molecule has 104 valence electrons. The third-order valence-electron chi connectivity index (χ3n) is 3.40. The van der Waals surface area contributed by atoms with Crippen LogP contribution in [0.2, 0.25) is 0 Å². The lowest BCUT2D eigenvalue weighted by molar-refractivity contribution is 0.550. The second kappa shape index (κ2) is 5.01. The van der Waals surface area contributed by atoms with Crippen LogP contribution in [0.1, 0.15) is 17.6 Å². The monoisotopic (exact) mass is 271 g/mol. The summed E-state index contributed by atoms with van der Waals surface area (Å²) in [7, 11) is 5.64. The normalized spacial score (nSPS) is 12.9. The lowest BCUT2D eigenvalue weighted by atomic mass is 10.1. The zero-order chi connectivity index (χ0) is 14.1. The Morgan fingerprint density at radius 3 is 2.70 bits per heavy atom. The van der Waals surface area contributed by atoms with Crippen LogP contribution in [0, 0.1) is 0 Å². The number of nitrogens with zero attached hydrogens (tertiary/aromatic N) is 6. The summed E-state index contributed by atoms with van der Waals surface area (Å²) in [4.78, 5) is 1.47. The summed E-state index contributed by atoms with van der Waals surface area (Å²) in [6, 6.07) is 8.27. The topological polar surface area (TPSA) is 73.5 Å². The van der Waals surface area contributed by atoms with E-state index in [0.29, 0.717) is 12.2 Å². The van der Waals surface area contributed by atoms with Gasteiger partial charge >= 0.3 is 0 Å². The van der Waals surface area contributed by atoms with Gasteiger partial charge < -0.3 is 5.32 Å². The van der Waals surface area contributed by atoms with Gasteiger partial charge in [-0.25, -0.2) is 0 Å². The maximum absolute atomic E-state index is 4.64. The van der Waals surface area contributed by atoms with Gasteiger partial charge in [0.1, 0.15) is 0 Å². The minimum absolute atomic E-state index is 0.0605. The van der Waals surface area contributed by atoms with Crippen molar-refractivity contribution in [1.82, 2.24) is 35.3 Å². The Labute approximate surface area is 116 Å². The van der Waals surface area contributed by atoms with E-state index in [1.165, 1.54) is 4.80 Å². The number of nitrogens with one attached hydrogen (secondary N) is 1. The van der Waals surface area contributed by atoms with Crippen molar-refractivity contribution < 1.29 is 0 Å². The van der Waals surface area contributed by atoms with Crippen molar-refractivity contribution in [3.8, 4) is 0 Å². The van der Waals surface area contributed by atoms with Gasteiger partial charge in [-0.2, -0.15) is 9.90 Å². The Hall–Kier alpha value is -2.28. The van der Waals surface area contributed by atoms with Gasteiger partial charge in [0.25, 0.3) is 0 Å². The molecule has 1 aromatic carbocycles. The predicted octanol–water partition coefficient (Wildman–Crippen LogP) is 0.600. The van der Waals surface area contributed by atoms with E-state index in [4.69, 9.17) is 0 Å². The Bertz CT molecular complexity index is 727. The van der Waals surface area contributed by atoms with Crippen molar-refractivity contribution in [2.24, 2.45) is 14.1 Å². The van der Waals surface area contributed by atoms with E-state index in [1.807, 2.05) is 30.9 Å². The van der Waals surface area contributed by atoms with Gasteiger partial charge in [0, 0.05) is 18.9 Å². The molecule has 0 fully saturated rings. The van der Waals surface area contributed by atoms with Gasteiger partial charge in [0.2, 0.25) is 0 Å². The molecule has 20 heavy (non-hydrogen) atoms. The second-order valence-electron chi connectivity index (χ2n) is 4.77. The molecule has 1 unspecified atom stereocenters. The van der Waals surface area contributed by atoms with Crippen LogP contribution >= 0.6 is 0 Å². The number of aromatic nitrogens is 6. The Balaban J connectivity index is 1.99. The summed E-state index contributed by atoms with van der Waals surface area (Å²) in [5, 5.41) is 21.2. The van der Waals surface area contributed by atoms with Crippen molar-refractivity contribution in [3.05, 3.63) is 35.8 Å². The Morgan fingerprint density at radius 2 is 2.00 bits per heavy atom. The average molecular weight is 271 g/mol. The second-order valence-corrected chi connectivity index (χ2v) is 4.77. The van der Waals surface area contributed by atoms with E-state index < -0.39 is 0 Å². The van der Waals surface area contributed by atoms with E-state index in [-0.39, 0.29) is 6.04 Å². The van der Waals surface area contributed by atoms with Gasteiger partial charge in [-0.1, -0.05) is 18.2 Å². The first-order valence-electron chi connectivity index (χ1n) is 6.51. The third-order valence-corrected chi connectivity index (χ3v) is 3.40.